The van der Waals surface area contributed by atoms with Crippen LogP contribution in [-0.4, -0.2) is 40.9 Å². The average Bonchev–Trinajstić information content (AvgIpc) is 2.90. The monoisotopic (exact) mass is 359 g/mol. The summed E-state index contributed by atoms with van der Waals surface area (Å²) in [6.45, 7) is 5.81. The predicted octanol–water partition coefficient (Wildman–Crippen LogP) is 4.38. The minimum absolute atomic E-state index is 0.0510. The fraction of sp³-hybridized carbons (Fsp3) is 0.650. The maximum absolute atomic E-state index is 13.0. The second-order valence-corrected chi connectivity index (χ2v) is 7.70. The van der Waals surface area contributed by atoms with E-state index in [1.807, 2.05) is 4.90 Å². The van der Waals surface area contributed by atoms with Gasteiger partial charge < -0.3 is 9.80 Å². The van der Waals surface area contributed by atoms with Gasteiger partial charge in [0, 0.05) is 36.8 Å². The SMILES string of the molecule is C[C@H]1CCC[C@H](C)N1C(=O)c1ccc(N2CCCCCC2)c([N+](=O)[O-])c1. The first-order chi connectivity index (χ1) is 12.5. The van der Waals surface area contributed by atoms with E-state index in [2.05, 4.69) is 18.7 Å². The molecule has 2 saturated heterocycles. The van der Waals surface area contributed by atoms with Gasteiger partial charge in [0.15, 0.2) is 0 Å². The van der Waals surface area contributed by atoms with Crippen molar-refractivity contribution in [2.75, 3.05) is 18.0 Å². The van der Waals surface area contributed by atoms with Crippen LogP contribution < -0.4 is 4.90 Å². The molecule has 1 amide bonds. The topological polar surface area (TPSA) is 66.7 Å². The van der Waals surface area contributed by atoms with Gasteiger partial charge in [0.2, 0.25) is 0 Å². The Hall–Kier alpha value is -2.11. The summed E-state index contributed by atoms with van der Waals surface area (Å²) in [4.78, 5) is 28.4. The number of carbonyl (C=O) groups excluding carboxylic acids is 1. The molecular weight excluding hydrogens is 330 g/mol. The van der Waals surface area contributed by atoms with Crippen molar-refractivity contribution in [1.29, 1.82) is 0 Å². The fourth-order valence-electron chi connectivity index (χ4n) is 4.35. The van der Waals surface area contributed by atoms with E-state index >= 15 is 0 Å². The van der Waals surface area contributed by atoms with E-state index in [-0.39, 0.29) is 28.6 Å². The lowest BCUT2D eigenvalue weighted by molar-refractivity contribution is -0.384. The third-order valence-corrected chi connectivity index (χ3v) is 5.79. The minimum atomic E-state index is -0.347. The van der Waals surface area contributed by atoms with Gasteiger partial charge in [0.1, 0.15) is 5.69 Å². The number of rotatable bonds is 3. The van der Waals surface area contributed by atoms with Crippen LogP contribution in [0.1, 0.15) is 69.2 Å². The lowest BCUT2D eigenvalue weighted by Gasteiger charge is -2.39. The summed E-state index contributed by atoms with van der Waals surface area (Å²) in [5.74, 6) is -0.0878. The molecule has 2 atom stereocenters. The van der Waals surface area contributed by atoms with Crippen LogP contribution in [-0.2, 0) is 0 Å². The summed E-state index contributed by atoms with van der Waals surface area (Å²) in [7, 11) is 0. The van der Waals surface area contributed by atoms with Gasteiger partial charge in [-0.2, -0.15) is 0 Å². The first kappa shape index (κ1) is 18.7. The molecule has 0 unspecified atom stereocenters. The molecule has 2 fully saturated rings. The number of hydrogen-bond donors (Lipinski definition) is 0. The summed E-state index contributed by atoms with van der Waals surface area (Å²) in [6.07, 6.45) is 7.56. The van der Waals surface area contributed by atoms with Crippen molar-refractivity contribution in [2.45, 2.75) is 70.9 Å². The number of nitro benzene ring substituents is 1. The summed E-state index contributed by atoms with van der Waals surface area (Å²) in [6, 6.07) is 5.38. The lowest BCUT2D eigenvalue weighted by atomic mass is 9.96. The van der Waals surface area contributed by atoms with Gasteiger partial charge in [-0.1, -0.05) is 12.8 Å². The maximum atomic E-state index is 13.0. The molecule has 1 aromatic carbocycles. The summed E-state index contributed by atoms with van der Waals surface area (Å²) >= 11 is 0. The Balaban J connectivity index is 1.90. The van der Waals surface area contributed by atoms with Gasteiger partial charge in [-0.05, 0) is 58.1 Å². The molecule has 142 valence electrons. The van der Waals surface area contributed by atoms with Gasteiger partial charge >= 0.3 is 0 Å². The van der Waals surface area contributed by atoms with Gasteiger partial charge in [0.05, 0.1) is 4.92 Å². The van der Waals surface area contributed by atoms with Gasteiger partial charge in [-0.25, -0.2) is 0 Å². The van der Waals surface area contributed by atoms with Gasteiger partial charge in [-0.15, -0.1) is 0 Å². The lowest BCUT2D eigenvalue weighted by Crippen LogP contribution is -2.47. The molecule has 0 spiro atoms. The molecule has 1 aromatic rings. The normalized spacial score (nSPS) is 24.2. The fourth-order valence-corrected chi connectivity index (χ4v) is 4.35. The molecule has 0 saturated carbocycles. The van der Waals surface area contributed by atoms with Crippen molar-refractivity contribution >= 4 is 17.3 Å². The third kappa shape index (κ3) is 3.84. The number of benzene rings is 1. The maximum Gasteiger partial charge on any atom is 0.293 e. The molecule has 2 heterocycles. The number of carbonyl (C=O) groups is 1. The molecule has 0 aromatic heterocycles. The molecule has 6 nitrogen and oxygen atoms in total. The second kappa shape index (κ2) is 8.06. The largest absolute Gasteiger partial charge is 0.366 e. The van der Waals surface area contributed by atoms with E-state index in [9.17, 15) is 14.9 Å². The number of piperidine rings is 1. The van der Waals surface area contributed by atoms with Crippen LogP contribution in [0.15, 0.2) is 18.2 Å². The average molecular weight is 359 g/mol. The predicted molar refractivity (Wildman–Crippen MR) is 103 cm³/mol. The standard InChI is InChI=1S/C20H29N3O3/c1-15-8-7-9-16(2)22(15)20(24)17-10-11-18(19(14-17)23(25)26)21-12-5-3-4-6-13-21/h10-11,14-16H,3-9,12-13H2,1-2H3/t15-,16-/m0/s1. The molecule has 0 radical (unpaired) electrons. The Labute approximate surface area is 155 Å². The Morgan fingerprint density at radius 3 is 2.23 bits per heavy atom. The number of likely N-dealkylation sites (tertiary alicyclic amines) is 1. The molecule has 0 bridgehead atoms. The highest BCUT2D eigenvalue weighted by atomic mass is 16.6. The van der Waals surface area contributed by atoms with Crippen LogP contribution in [0, 0.1) is 10.1 Å². The Bertz CT molecular complexity index is 658. The van der Waals surface area contributed by atoms with Crippen molar-refractivity contribution in [3.05, 3.63) is 33.9 Å². The minimum Gasteiger partial charge on any atom is -0.366 e. The molecule has 6 heteroatoms. The van der Waals surface area contributed by atoms with Gasteiger partial charge in [0.25, 0.3) is 11.6 Å². The Kier molecular flexibility index (Phi) is 5.79. The van der Waals surface area contributed by atoms with Crippen LogP contribution >= 0.6 is 0 Å². The first-order valence-corrected chi connectivity index (χ1v) is 9.85. The molecule has 26 heavy (non-hydrogen) atoms. The number of hydrogen-bond acceptors (Lipinski definition) is 4. The zero-order chi connectivity index (χ0) is 18.7. The quantitative estimate of drug-likeness (QED) is 0.593. The first-order valence-electron chi connectivity index (χ1n) is 9.85. The number of amides is 1. The zero-order valence-corrected chi connectivity index (χ0v) is 15.8. The summed E-state index contributed by atoms with van der Waals surface area (Å²) < 4.78 is 0. The van der Waals surface area contributed by atoms with Crippen LogP contribution in [0.2, 0.25) is 0 Å². The van der Waals surface area contributed by atoms with E-state index in [4.69, 9.17) is 0 Å². The van der Waals surface area contributed by atoms with Crippen molar-refractivity contribution < 1.29 is 9.72 Å². The van der Waals surface area contributed by atoms with E-state index in [0.29, 0.717) is 11.3 Å². The van der Waals surface area contributed by atoms with Gasteiger partial charge in [-0.3, -0.25) is 14.9 Å². The highest BCUT2D eigenvalue weighted by Crippen LogP contribution is 2.32. The molecule has 2 aliphatic heterocycles. The van der Waals surface area contributed by atoms with Crippen LogP contribution in [0.5, 0.6) is 0 Å². The summed E-state index contributed by atoms with van der Waals surface area (Å²) in [5, 5.41) is 11.7. The van der Waals surface area contributed by atoms with Crippen LogP contribution in [0.25, 0.3) is 0 Å². The smallest absolute Gasteiger partial charge is 0.293 e. The van der Waals surface area contributed by atoms with Crippen molar-refractivity contribution in [3.8, 4) is 0 Å². The van der Waals surface area contributed by atoms with Crippen molar-refractivity contribution in [2.24, 2.45) is 0 Å². The molecule has 0 aliphatic carbocycles. The summed E-state index contributed by atoms with van der Waals surface area (Å²) in [5.41, 5.74) is 1.12. The Morgan fingerprint density at radius 1 is 1.04 bits per heavy atom. The molecule has 0 N–H and O–H groups in total. The zero-order valence-electron chi connectivity index (χ0n) is 15.8. The Morgan fingerprint density at radius 2 is 1.65 bits per heavy atom. The van der Waals surface area contributed by atoms with E-state index in [1.54, 1.807) is 12.1 Å². The van der Waals surface area contributed by atoms with Crippen molar-refractivity contribution in [3.63, 3.8) is 0 Å². The number of nitro groups is 1. The van der Waals surface area contributed by atoms with E-state index < -0.39 is 0 Å². The number of anilines is 1. The molecular formula is C20H29N3O3. The molecule has 3 rings (SSSR count). The van der Waals surface area contributed by atoms with Crippen LogP contribution in [0.3, 0.4) is 0 Å². The number of nitrogens with zero attached hydrogens (tertiary/aromatic N) is 3. The van der Waals surface area contributed by atoms with Crippen LogP contribution in [0.4, 0.5) is 11.4 Å². The molecule has 2 aliphatic rings. The highest BCUT2D eigenvalue weighted by Gasteiger charge is 2.31. The van der Waals surface area contributed by atoms with E-state index in [1.165, 1.54) is 18.9 Å². The van der Waals surface area contributed by atoms with Crippen molar-refractivity contribution in [1.82, 2.24) is 4.90 Å². The van der Waals surface area contributed by atoms with E-state index in [0.717, 1.165) is 45.2 Å². The second-order valence-electron chi connectivity index (χ2n) is 7.70. The highest BCUT2D eigenvalue weighted by molar-refractivity contribution is 5.96. The third-order valence-electron chi connectivity index (χ3n) is 5.79.